The van der Waals surface area contributed by atoms with Gasteiger partial charge in [0.05, 0.1) is 4.88 Å². The molecule has 0 aromatic carbocycles. The molecule has 1 N–H and O–H groups in total. The van der Waals surface area contributed by atoms with Crippen molar-refractivity contribution in [3.63, 3.8) is 0 Å². The fourth-order valence-corrected chi connectivity index (χ4v) is 4.24. The Labute approximate surface area is 137 Å². The number of thiophene rings is 1. The highest BCUT2D eigenvalue weighted by atomic mass is 32.1. The number of nitrogens with zero attached hydrogens (tertiary/aromatic N) is 3. The van der Waals surface area contributed by atoms with E-state index < -0.39 is 0 Å². The van der Waals surface area contributed by atoms with Crippen LogP contribution in [0.4, 0.5) is 0 Å². The molecule has 22 heavy (non-hydrogen) atoms. The molecule has 2 fully saturated rings. The van der Waals surface area contributed by atoms with E-state index in [1.54, 1.807) is 11.3 Å². The number of hydrogen-bond acceptors (Lipinski definition) is 5. The van der Waals surface area contributed by atoms with E-state index in [9.17, 15) is 0 Å². The van der Waals surface area contributed by atoms with Gasteiger partial charge in [0.1, 0.15) is 6.61 Å². The van der Waals surface area contributed by atoms with Crippen molar-refractivity contribution in [3.05, 3.63) is 21.9 Å². The van der Waals surface area contributed by atoms with E-state index in [2.05, 4.69) is 45.7 Å². The molecule has 1 aromatic heterocycles. The predicted octanol–water partition coefficient (Wildman–Crippen LogP) is 0.914. The fraction of sp³-hybridized carbons (Fsp3) is 0.647. The average molecular weight is 319 g/mol. The van der Waals surface area contributed by atoms with Crippen LogP contribution in [0.5, 0.6) is 0 Å². The summed E-state index contributed by atoms with van der Waals surface area (Å²) in [4.78, 5) is 10.1. The summed E-state index contributed by atoms with van der Waals surface area (Å²) < 4.78 is 0. The van der Waals surface area contributed by atoms with Gasteiger partial charge in [-0.1, -0.05) is 11.8 Å². The second-order valence-corrected chi connectivity index (χ2v) is 7.41. The summed E-state index contributed by atoms with van der Waals surface area (Å²) in [6.45, 7) is 8.21. The summed E-state index contributed by atoms with van der Waals surface area (Å²) in [6.07, 6.45) is 1.30. The molecule has 0 spiro atoms. The van der Waals surface area contributed by atoms with Crippen molar-refractivity contribution in [1.82, 2.24) is 14.7 Å². The third-order valence-electron chi connectivity index (χ3n) is 4.63. The minimum atomic E-state index is -0.0634. The number of likely N-dealkylation sites (tertiary alicyclic amines) is 1. The van der Waals surface area contributed by atoms with Crippen molar-refractivity contribution in [2.24, 2.45) is 0 Å². The van der Waals surface area contributed by atoms with Crippen LogP contribution in [0.25, 0.3) is 0 Å². The second kappa shape index (κ2) is 7.58. The third-order valence-corrected chi connectivity index (χ3v) is 5.62. The molecule has 0 unspecified atom stereocenters. The largest absolute Gasteiger partial charge is 0.384 e. The smallest absolute Gasteiger partial charge is 0.104 e. The lowest BCUT2D eigenvalue weighted by molar-refractivity contribution is 0.112. The van der Waals surface area contributed by atoms with E-state index in [0.29, 0.717) is 0 Å². The van der Waals surface area contributed by atoms with E-state index in [0.717, 1.165) is 17.5 Å². The Morgan fingerprint density at radius 3 is 2.82 bits per heavy atom. The number of aliphatic hydroxyl groups is 1. The van der Waals surface area contributed by atoms with Gasteiger partial charge in [0, 0.05) is 56.7 Å². The summed E-state index contributed by atoms with van der Waals surface area (Å²) in [6, 6.07) is 4.98. The third kappa shape index (κ3) is 4.09. The number of rotatable bonds is 3. The SMILES string of the molecule is CN1CCN([C@H]2CCN(Cc3ccc(C#CCO)s3)C2)CC1. The van der Waals surface area contributed by atoms with E-state index >= 15 is 0 Å². The Hall–Kier alpha value is -0.900. The predicted molar refractivity (Wildman–Crippen MR) is 91.0 cm³/mol. The Kier molecular flexibility index (Phi) is 5.51. The highest BCUT2D eigenvalue weighted by Gasteiger charge is 2.29. The van der Waals surface area contributed by atoms with Crippen LogP contribution >= 0.6 is 11.3 Å². The van der Waals surface area contributed by atoms with E-state index in [1.165, 1.54) is 50.6 Å². The molecule has 1 atom stereocenters. The molecule has 2 saturated heterocycles. The zero-order valence-corrected chi connectivity index (χ0v) is 14.1. The van der Waals surface area contributed by atoms with Gasteiger partial charge in [0.2, 0.25) is 0 Å². The van der Waals surface area contributed by atoms with E-state index in [1.807, 2.05) is 0 Å². The molecular formula is C17H25N3OS. The van der Waals surface area contributed by atoms with Crippen LogP contribution in [0, 0.1) is 11.8 Å². The van der Waals surface area contributed by atoms with E-state index in [-0.39, 0.29) is 6.61 Å². The molecule has 3 heterocycles. The topological polar surface area (TPSA) is 30.0 Å². The Morgan fingerprint density at radius 1 is 1.23 bits per heavy atom. The van der Waals surface area contributed by atoms with Crippen LogP contribution < -0.4 is 0 Å². The summed E-state index contributed by atoms with van der Waals surface area (Å²) >= 11 is 1.75. The van der Waals surface area contributed by atoms with Crippen LogP contribution in [0.3, 0.4) is 0 Å². The van der Waals surface area contributed by atoms with Crippen LogP contribution in [0.2, 0.25) is 0 Å². The Bertz CT molecular complexity index is 540. The van der Waals surface area contributed by atoms with Crippen molar-refractivity contribution in [2.45, 2.75) is 19.0 Å². The lowest BCUT2D eigenvalue weighted by Gasteiger charge is -2.36. The van der Waals surface area contributed by atoms with Crippen LogP contribution in [-0.2, 0) is 6.54 Å². The Morgan fingerprint density at radius 2 is 2.05 bits per heavy atom. The van der Waals surface area contributed by atoms with Crippen molar-refractivity contribution in [1.29, 1.82) is 0 Å². The van der Waals surface area contributed by atoms with Gasteiger partial charge in [-0.2, -0.15) is 0 Å². The van der Waals surface area contributed by atoms with Gasteiger partial charge < -0.3 is 10.0 Å². The molecule has 2 aliphatic heterocycles. The lowest BCUT2D eigenvalue weighted by atomic mass is 10.2. The molecule has 1 aromatic rings. The van der Waals surface area contributed by atoms with Crippen molar-refractivity contribution in [2.75, 3.05) is 52.9 Å². The van der Waals surface area contributed by atoms with Gasteiger partial charge >= 0.3 is 0 Å². The lowest BCUT2D eigenvalue weighted by Crippen LogP contribution is -2.49. The molecule has 4 nitrogen and oxygen atoms in total. The van der Waals surface area contributed by atoms with Crippen molar-refractivity contribution >= 4 is 11.3 Å². The maximum absolute atomic E-state index is 8.75. The average Bonchev–Trinajstić information content (AvgIpc) is 3.16. The van der Waals surface area contributed by atoms with Crippen molar-refractivity contribution in [3.8, 4) is 11.8 Å². The summed E-state index contributed by atoms with van der Waals surface area (Å²) in [7, 11) is 2.21. The molecule has 120 valence electrons. The molecule has 2 aliphatic rings. The first-order valence-electron chi connectivity index (χ1n) is 8.08. The van der Waals surface area contributed by atoms with Crippen LogP contribution in [0.1, 0.15) is 16.2 Å². The first kappa shape index (κ1) is 16.0. The zero-order chi connectivity index (χ0) is 15.4. The molecular weight excluding hydrogens is 294 g/mol. The normalized spacial score (nSPS) is 24.4. The minimum absolute atomic E-state index is 0.0634. The number of piperazine rings is 1. The van der Waals surface area contributed by atoms with Crippen LogP contribution in [0.15, 0.2) is 12.1 Å². The van der Waals surface area contributed by atoms with Crippen molar-refractivity contribution < 1.29 is 5.11 Å². The van der Waals surface area contributed by atoms with Gasteiger partial charge in [0.15, 0.2) is 0 Å². The maximum atomic E-state index is 8.75. The zero-order valence-electron chi connectivity index (χ0n) is 13.3. The second-order valence-electron chi connectivity index (χ2n) is 6.24. The molecule has 3 rings (SSSR count). The summed E-state index contributed by atoms with van der Waals surface area (Å²) in [5.74, 6) is 5.71. The minimum Gasteiger partial charge on any atom is -0.384 e. The first-order chi connectivity index (χ1) is 10.7. The van der Waals surface area contributed by atoms with E-state index in [4.69, 9.17) is 5.11 Å². The highest BCUT2D eigenvalue weighted by Crippen LogP contribution is 2.22. The van der Waals surface area contributed by atoms with Gasteiger partial charge in [-0.3, -0.25) is 9.80 Å². The highest BCUT2D eigenvalue weighted by molar-refractivity contribution is 7.12. The molecule has 5 heteroatoms. The molecule has 0 aliphatic carbocycles. The fourth-order valence-electron chi connectivity index (χ4n) is 3.32. The molecule has 0 bridgehead atoms. The van der Waals surface area contributed by atoms with Gasteiger partial charge in [-0.05, 0) is 25.6 Å². The quantitative estimate of drug-likeness (QED) is 0.839. The summed E-state index contributed by atoms with van der Waals surface area (Å²) in [5.41, 5.74) is 0. The maximum Gasteiger partial charge on any atom is 0.104 e. The molecule has 0 saturated carbocycles. The number of likely N-dealkylation sites (N-methyl/N-ethyl adjacent to an activating group) is 1. The van der Waals surface area contributed by atoms with Crippen LogP contribution in [-0.4, -0.2) is 78.8 Å². The molecule has 0 radical (unpaired) electrons. The monoisotopic (exact) mass is 319 g/mol. The molecule has 0 amide bonds. The van der Waals surface area contributed by atoms with Gasteiger partial charge in [0.25, 0.3) is 0 Å². The number of aliphatic hydroxyl groups excluding tert-OH is 1. The summed E-state index contributed by atoms with van der Waals surface area (Å²) in [5, 5.41) is 8.75. The van der Waals surface area contributed by atoms with Gasteiger partial charge in [-0.25, -0.2) is 0 Å². The Balaban J connectivity index is 1.49. The first-order valence-corrected chi connectivity index (χ1v) is 8.89. The van der Waals surface area contributed by atoms with Gasteiger partial charge in [-0.15, -0.1) is 11.3 Å². The standard InChI is InChI=1S/C17H25N3OS/c1-18-8-10-20(11-9-18)15-6-7-19(13-15)14-17-5-4-16(22-17)3-2-12-21/h4-5,15,21H,6-14H2,1H3/t15-/m0/s1. The number of hydrogen-bond donors (Lipinski definition) is 1.